The summed E-state index contributed by atoms with van der Waals surface area (Å²) in [6.07, 6.45) is 0. The number of nitrogens with zero attached hydrogens (tertiary/aromatic N) is 1. The Bertz CT molecular complexity index is 879. The van der Waals surface area contributed by atoms with Crippen LogP contribution in [0.1, 0.15) is 26.3 Å². The third kappa shape index (κ3) is 4.42. The number of aryl methyl sites for hydroxylation is 1. The molecule has 2 amide bonds. The maximum absolute atomic E-state index is 12.6. The Hall–Kier alpha value is -2.67. The summed E-state index contributed by atoms with van der Waals surface area (Å²) in [6.45, 7) is 3.44. The molecule has 1 fully saturated rings. The van der Waals surface area contributed by atoms with Gasteiger partial charge >= 0.3 is 0 Å². The highest BCUT2D eigenvalue weighted by Crippen LogP contribution is 2.28. The number of carbonyl (C=O) groups is 2. The number of ether oxygens (including phenoxy) is 2. The lowest BCUT2D eigenvalue weighted by Crippen LogP contribution is -2.37. The molecule has 0 radical (unpaired) electrons. The fourth-order valence-electron chi connectivity index (χ4n) is 3.06. The highest BCUT2D eigenvalue weighted by molar-refractivity contribution is 7.99. The molecule has 0 spiro atoms. The Balaban J connectivity index is 1.74. The summed E-state index contributed by atoms with van der Waals surface area (Å²) in [4.78, 5) is 27.1. The van der Waals surface area contributed by atoms with E-state index in [9.17, 15) is 9.59 Å². The summed E-state index contributed by atoms with van der Waals surface area (Å²) in [5.74, 6) is 2.80. The standard InChI is InChI=1S/C21H24N2O4S/c1-14-12-16(21(25)23-8-10-28-11-9-23)4-6-17(14)22-20(24)15-5-7-18(26-2)19(13-15)27-3/h4-7,12-13H,8-11H2,1-3H3,(H,22,24). The fourth-order valence-corrected chi connectivity index (χ4v) is 3.96. The summed E-state index contributed by atoms with van der Waals surface area (Å²) in [6, 6.07) is 10.4. The number of amides is 2. The summed E-state index contributed by atoms with van der Waals surface area (Å²) < 4.78 is 10.5. The van der Waals surface area contributed by atoms with Crippen LogP contribution in [-0.2, 0) is 0 Å². The first-order chi connectivity index (χ1) is 13.5. The lowest BCUT2D eigenvalue weighted by molar-refractivity contribution is 0.0772. The maximum atomic E-state index is 12.6. The average Bonchev–Trinajstić information content (AvgIpc) is 2.74. The zero-order valence-electron chi connectivity index (χ0n) is 16.3. The first-order valence-electron chi connectivity index (χ1n) is 9.04. The third-order valence-corrected chi connectivity index (χ3v) is 5.61. The van der Waals surface area contributed by atoms with Crippen molar-refractivity contribution in [2.45, 2.75) is 6.92 Å². The smallest absolute Gasteiger partial charge is 0.255 e. The van der Waals surface area contributed by atoms with Crippen LogP contribution in [0, 0.1) is 6.92 Å². The van der Waals surface area contributed by atoms with Crippen molar-refractivity contribution in [2.24, 2.45) is 0 Å². The molecule has 1 aliphatic rings. The zero-order chi connectivity index (χ0) is 20.1. The van der Waals surface area contributed by atoms with Crippen LogP contribution in [0.3, 0.4) is 0 Å². The van der Waals surface area contributed by atoms with E-state index in [1.807, 2.05) is 29.7 Å². The van der Waals surface area contributed by atoms with Crippen molar-refractivity contribution < 1.29 is 19.1 Å². The fraction of sp³-hybridized carbons (Fsp3) is 0.333. The summed E-state index contributed by atoms with van der Waals surface area (Å²) in [5.41, 5.74) is 2.62. The number of hydrogen-bond donors (Lipinski definition) is 1. The minimum atomic E-state index is -0.254. The van der Waals surface area contributed by atoms with E-state index in [0.29, 0.717) is 28.3 Å². The van der Waals surface area contributed by atoms with E-state index < -0.39 is 0 Å². The minimum absolute atomic E-state index is 0.0427. The van der Waals surface area contributed by atoms with Gasteiger partial charge in [0.15, 0.2) is 11.5 Å². The molecule has 1 saturated heterocycles. The highest BCUT2D eigenvalue weighted by atomic mass is 32.2. The largest absolute Gasteiger partial charge is 0.493 e. The van der Waals surface area contributed by atoms with Gasteiger partial charge < -0.3 is 19.7 Å². The summed E-state index contributed by atoms with van der Waals surface area (Å²) in [5, 5.41) is 2.90. The van der Waals surface area contributed by atoms with Gasteiger partial charge in [0.25, 0.3) is 11.8 Å². The zero-order valence-corrected chi connectivity index (χ0v) is 17.1. The van der Waals surface area contributed by atoms with Gasteiger partial charge in [-0.25, -0.2) is 0 Å². The van der Waals surface area contributed by atoms with Crippen LogP contribution in [0.15, 0.2) is 36.4 Å². The summed E-state index contributed by atoms with van der Waals surface area (Å²) in [7, 11) is 3.08. The van der Waals surface area contributed by atoms with Crippen LogP contribution in [0.25, 0.3) is 0 Å². The molecule has 2 aromatic rings. The highest BCUT2D eigenvalue weighted by Gasteiger charge is 2.19. The van der Waals surface area contributed by atoms with Crippen LogP contribution in [0.4, 0.5) is 5.69 Å². The molecule has 0 aliphatic carbocycles. The number of hydrogen-bond acceptors (Lipinski definition) is 5. The third-order valence-electron chi connectivity index (χ3n) is 4.67. The number of thioether (sulfide) groups is 1. The van der Waals surface area contributed by atoms with Crippen LogP contribution < -0.4 is 14.8 Å². The van der Waals surface area contributed by atoms with Crippen LogP contribution in [0.2, 0.25) is 0 Å². The predicted octanol–water partition coefficient (Wildman–Crippen LogP) is 3.45. The number of carbonyl (C=O) groups excluding carboxylic acids is 2. The molecule has 1 N–H and O–H groups in total. The first kappa shape index (κ1) is 20.1. The van der Waals surface area contributed by atoms with Crippen molar-refractivity contribution in [1.29, 1.82) is 0 Å². The van der Waals surface area contributed by atoms with E-state index >= 15 is 0 Å². The molecule has 0 atom stereocenters. The second-order valence-corrected chi connectivity index (χ2v) is 7.68. The quantitative estimate of drug-likeness (QED) is 0.833. The number of methoxy groups -OCH3 is 2. The van der Waals surface area contributed by atoms with Gasteiger partial charge in [0.1, 0.15) is 0 Å². The van der Waals surface area contributed by atoms with Gasteiger partial charge in [-0.1, -0.05) is 0 Å². The molecule has 28 heavy (non-hydrogen) atoms. The van der Waals surface area contributed by atoms with Crippen molar-refractivity contribution in [3.05, 3.63) is 53.1 Å². The van der Waals surface area contributed by atoms with Crippen molar-refractivity contribution in [3.8, 4) is 11.5 Å². The Kier molecular flexibility index (Phi) is 6.46. The normalized spacial score (nSPS) is 13.8. The van der Waals surface area contributed by atoms with Gasteiger partial charge in [-0.2, -0.15) is 11.8 Å². The first-order valence-corrected chi connectivity index (χ1v) is 10.2. The van der Waals surface area contributed by atoms with Gasteiger partial charge in [0.2, 0.25) is 0 Å². The van der Waals surface area contributed by atoms with E-state index in [2.05, 4.69) is 5.32 Å². The van der Waals surface area contributed by atoms with Crippen LogP contribution in [-0.4, -0.2) is 55.5 Å². The molecule has 1 aliphatic heterocycles. The van der Waals surface area contributed by atoms with Gasteiger partial charge in [-0.05, 0) is 48.9 Å². The van der Waals surface area contributed by atoms with Crippen molar-refractivity contribution in [3.63, 3.8) is 0 Å². The molecule has 3 rings (SSSR count). The molecule has 0 aromatic heterocycles. The van der Waals surface area contributed by atoms with E-state index in [4.69, 9.17) is 9.47 Å². The van der Waals surface area contributed by atoms with Crippen molar-refractivity contribution in [2.75, 3.05) is 44.1 Å². The van der Waals surface area contributed by atoms with E-state index in [1.165, 1.54) is 7.11 Å². The van der Waals surface area contributed by atoms with Crippen LogP contribution >= 0.6 is 11.8 Å². The molecule has 7 heteroatoms. The Morgan fingerprint density at radius 2 is 1.64 bits per heavy atom. The van der Waals surface area contributed by atoms with Gasteiger partial charge in [0, 0.05) is 41.4 Å². The molecule has 0 unspecified atom stereocenters. The van der Waals surface area contributed by atoms with E-state index in [0.717, 1.165) is 30.2 Å². The van der Waals surface area contributed by atoms with Crippen LogP contribution in [0.5, 0.6) is 11.5 Å². The molecule has 0 saturated carbocycles. The van der Waals surface area contributed by atoms with E-state index in [-0.39, 0.29) is 11.8 Å². The Morgan fingerprint density at radius 3 is 2.29 bits per heavy atom. The topological polar surface area (TPSA) is 67.9 Å². The number of anilines is 1. The van der Waals surface area contributed by atoms with Gasteiger partial charge in [0.05, 0.1) is 14.2 Å². The van der Waals surface area contributed by atoms with Crippen molar-refractivity contribution in [1.82, 2.24) is 4.90 Å². The molecule has 148 valence electrons. The predicted molar refractivity (Wildman–Crippen MR) is 112 cm³/mol. The molecule has 6 nitrogen and oxygen atoms in total. The SMILES string of the molecule is COc1ccc(C(=O)Nc2ccc(C(=O)N3CCSCC3)cc2C)cc1OC. The monoisotopic (exact) mass is 400 g/mol. The summed E-state index contributed by atoms with van der Waals surface area (Å²) >= 11 is 1.87. The maximum Gasteiger partial charge on any atom is 0.255 e. The number of benzene rings is 2. The van der Waals surface area contributed by atoms with Gasteiger partial charge in [-0.3, -0.25) is 9.59 Å². The van der Waals surface area contributed by atoms with E-state index in [1.54, 1.807) is 37.4 Å². The molecule has 0 bridgehead atoms. The number of rotatable bonds is 5. The molecule has 1 heterocycles. The Labute approximate surface area is 169 Å². The molecule has 2 aromatic carbocycles. The minimum Gasteiger partial charge on any atom is -0.493 e. The van der Waals surface area contributed by atoms with Crippen molar-refractivity contribution >= 4 is 29.3 Å². The number of nitrogens with one attached hydrogen (secondary N) is 1. The Morgan fingerprint density at radius 1 is 0.964 bits per heavy atom. The second kappa shape index (κ2) is 9.01. The average molecular weight is 401 g/mol. The molecular weight excluding hydrogens is 376 g/mol. The lowest BCUT2D eigenvalue weighted by atomic mass is 10.1. The molecular formula is C21H24N2O4S. The van der Waals surface area contributed by atoms with Gasteiger partial charge in [-0.15, -0.1) is 0 Å². The second-order valence-electron chi connectivity index (χ2n) is 6.46. The lowest BCUT2D eigenvalue weighted by Gasteiger charge is -2.26.